The number of para-hydroxylation sites is 1. The van der Waals surface area contributed by atoms with Gasteiger partial charge in [0.2, 0.25) is 0 Å². The Morgan fingerprint density at radius 2 is 1.28 bits per heavy atom. The molecule has 0 saturated heterocycles. The maximum absolute atomic E-state index is 12.5. The van der Waals surface area contributed by atoms with Crippen LogP contribution in [0.25, 0.3) is 94.3 Å². The minimum atomic E-state index is -0.325. The van der Waals surface area contributed by atoms with Crippen LogP contribution in [0.5, 0.6) is 5.75 Å². The van der Waals surface area contributed by atoms with Crippen molar-refractivity contribution in [1.82, 2.24) is 14.5 Å². The third-order valence-electron chi connectivity index (χ3n) is 12.5. The van der Waals surface area contributed by atoms with Crippen molar-refractivity contribution in [3.8, 4) is 56.3 Å². The van der Waals surface area contributed by atoms with Gasteiger partial charge in [0.15, 0.2) is 5.58 Å². The van der Waals surface area contributed by atoms with Crippen LogP contribution in [-0.2, 0) is 37.3 Å². The summed E-state index contributed by atoms with van der Waals surface area (Å²) in [5.41, 5.74) is 13.4. The van der Waals surface area contributed by atoms with Crippen molar-refractivity contribution in [2.45, 2.75) is 78.6 Å². The van der Waals surface area contributed by atoms with Gasteiger partial charge in [-0.1, -0.05) is 164 Å². The number of phenols is 1. The fourth-order valence-electron chi connectivity index (χ4n) is 8.93. The Labute approximate surface area is 390 Å². The molecular formula is C58H52N3O2Pt-. The predicted octanol–water partition coefficient (Wildman–Crippen LogP) is 15.5. The number of benzene rings is 7. The molecule has 10 rings (SSSR count). The van der Waals surface area contributed by atoms with E-state index in [0.29, 0.717) is 11.4 Å². The van der Waals surface area contributed by atoms with Crippen molar-refractivity contribution >= 4 is 43.7 Å². The molecule has 7 aromatic carbocycles. The third-order valence-corrected chi connectivity index (χ3v) is 12.5. The second-order valence-corrected chi connectivity index (χ2v) is 20.0. The summed E-state index contributed by atoms with van der Waals surface area (Å²) in [6.07, 6.45) is 1.83. The van der Waals surface area contributed by atoms with E-state index in [4.69, 9.17) is 14.4 Å². The van der Waals surface area contributed by atoms with E-state index < -0.39 is 0 Å². The van der Waals surface area contributed by atoms with Crippen molar-refractivity contribution in [2.24, 2.45) is 0 Å². The molecule has 1 N–H and O–H groups in total. The normalized spacial score (nSPS) is 12.4. The van der Waals surface area contributed by atoms with E-state index in [1.54, 1.807) is 0 Å². The smallest absolute Gasteiger partial charge is 0.152 e. The number of hydrogen-bond donors (Lipinski definition) is 1. The Hall–Kier alpha value is -6.29. The van der Waals surface area contributed by atoms with Crippen molar-refractivity contribution in [2.75, 3.05) is 0 Å². The van der Waals surface area contributed by atoms with Crippen LogP contribution in [0.2, 0.25) is 0 Å². The number of aromatic hydroxyl groups is 1. The van der Waals surface area contributed by atoms with E-state index >= 15 is 0 Å². The number of nitrogens with zero attached hydrogens (tertiary/aromatic N) is 3. The van der Waals surface area contributed by atoms with Crippen LogP contribution in [0.15, 0.2) is 150 Å². The minimum Gasteiger partial charge on any atom is -0.507 e. The van der Waals surface area contributed by atoms with Crippen molar-refractivity contribution in [3.05, 3.63) is 168 Å². The van der Waals surface area contributed by atoms with Gasteiger partial charge in [-0.05, 0) is 68.7 Å². The summed E-state index contributed by atoms with van der Waals surface area (Å²) < 4.78 is 8.66. The molecule has 0 aliphatic heterocycles. The van der Waals surface area contributed by atoms with Crippen LogP contribution >= 0.6 is 0 Å². The molecule has 64 heavy (non-hydrogen) atoms. The molecule has 5 nitrogen and oxygen atoms in total. The number of aromatic nitrogens is 3. The van der Waals surface area contributed by atoms with E-state index in [2.05, 4.69) is 206 Å². The molecule has 0 amide bonds. The van der Waals surface area contributed by atoms with Crippen molar-refractivity contribution in [1.29, 1.82) is 0 Å². The van der Waals surface area contributed by atoms with E-state index in [9.17, 15) is 5.11 Å². The zero-order valence-corrected chi connectivity index (χ0v) is 40.1. The first kappa shape index (κ1) is 43.0. The van der Waals surface area contributed by atoms with E-state index in [-0.39, 0.29) is 43.1 Å². The topological polar surface area (TPSA) is 64.1 Å². The van der Waals surface area contributed by atoms with Crippen molar-refractivity contribution in [3.63, 3.8) is 0 Å². The van der Waals surface area contributed by atoms with Crippen molar-refractivity contribution < 1.29 is 30.6 Å². The molecule has 322 valence electrons. The summed E-state index contributed by atoms with van der Waals surface area (Å²) in [6, 6.07) is 52.7. The molecule has 10 aromatic rings. The van der Waals surface area contributed by atoms with Gasteiger partial charge in [0.25, 0.3) is 0 Å². The summed E-state index contributed by atoms with van der Waals surface area (Å²) in [7, 11) is 0. The first-order chi connectivity index (χ1) is 30.0. The average Bonchev–Trinajstić information content (AvgIpc) is 3.84. The Morgan fingerprint density at radius 1 is 0.578 bits per heavy atom. The molecule has 0 fully saturated rings. The molecule has 0 atom stereocenters. The van der Waals surface area contributed by atoms with Gasteiger partial charge in [-0.25, -0.2) is 4.98 Å². The van der Waals surface area contributed by atoms with E-state index in [0.717, 1.165) is 94.1 Å². The van der Waals surface area contributed by atoms with Gasteiger partial charge >= 0.3 is 0 Å². The molecule has 6 heteroatoms. The summed E-state index contributed by atoms with van der Waals surface area (Å²) in [6.45, 7) is 19.9. The summed E-state index contributed by atoms with van der Waals surface area (Å²) in [4.78, 5) is 10.5. The Balaban J connectivity index is 0.00000518. The number of fused-ring (bicyclic) bond motifs is 6. The standard InChI is InChI=1S/C58H52N3O2.Pt/c1-56(2,3)39-26-28-49(44(30-39)35-17-11-10-12-18-35)61-50-24-16-23-41(52(50)60-55(61)46-31-40(57(4,5)6)32-47(53(46)62)58(7,8)9)37-20-15-21-38(29-37)48-33-45-43-27-25-36-19-13-14-22-42(36)54(43)63-51(45)34-59-48;/h10-28,30-34,62H,1-9H3;/q-1;. The first-order valence-electron chi connectivity index (χ1n) is 21.9. The second kappa shape index (κ2) is 15.7. The summed E-state index contributed by atoms with van der Waals surface area (Å²) >= 11 is 0. The fourth-order valence-corrected chi connectivity index (χ4v) is 8.93. The number of pyridine rings is 1. The summed E-state index contributed by atoms with van der Waals surface area (Å²) in [5.74, 6) is 0.922. The van der Waals surface area contributed by atoms with Crippen LogP contribution in [0.1, 0.15) is 79.0 Å². The maximum Gasteiger partial charge on any atom is 0.152 e. The molecule has 0 saturated carbocycles. The van der Waals surface area contributed by atoms with Crippen LogP contribution in [-0.4, -0.2) is 19.6 Å². The molecule has 3 heterocycles. The number of phenolic OH excluding ortho intramolecular Hbond substituents is 1. The van der Waals surface area contributed by atoms with E-state index in [1.807, 2.05) is 12.3 Å². The predicted molar refractivity (Wildman–Crippen MR) is 262 cm³/mol. The Kier molecular flexibility index (Phi) is 10.6. The number of imidazole rings is 1. The number of furan rings is 1. The molecule has 0 radical (unpaired) electrons. The second-order valence-electron chi connectivity index (χ2n) is 20.0. The molecule has 0 unspecified atom stereocenters. The van der Waals surface area contributed by atoms with Gasteiger partial charge in [-0.15, -0.1) is 29.8 Å². The molecule has 0 spiro atoms. The molecule has 3 aromatic heterocycles. The van der Waals surface area contributed by atoms with Crippen LogP contribution < -0.4 is 0 Å². The quantitative estimate of drug-likeness (QED) is 0.175. The number of hydrogen-bond acceptors (Lipinski definition) is 4. The van der Waals surface area contributed by atoms with E-state index in [1.165, 1.54) is 5.56 Å². The molecular weight excluding hydrogens is 966 g/mol. The van der Waals surface area contributed by atoms with Gasteiger partial charge in [-0.2, -0.15) is 0 Å². The van der Waals surface area contributed by atoms with Crippen LogP contribution in [0, 0.1) is 6.07 Å². The zero-order valence-electron chi connectivity index (χ0n) is 37.9. The van der Waals surface area contributed by atoms with Gasteiger partial charge in [0.1, 0.15) is 17.2 Å². The SMILES string of the molecule is CC(C)(C)c1ccc(-n2c(-c3cc(C(C)(C)C)cc(C(C)(C)C)c3O)nc3c(-c4[c-]c(-c5cc6c(cn5)oc5c7ccccc7ccc65)ccc4)cccc32)c(-c2ccccc2)c1.[Pt]. The van der Waals surface area contributed by atoms with Gasteiger partial charge in [-0.3, -0.25) is 9.55 Å². The summed E-state index contributed by atoms with van der Waals surface area (Å²) in [5, 5.41) is 16.8. The first-order valence-corrected chi connectivity index (χ1v) is 21.9. The maximum atomic E-state index is 12.5. The van der Waals surface area contributed by atoms with Crippen LogP contribution in [0.4, 0.5) is 0 Å². The molecule has 0 aliphatic rings. The van der Waals surface area contributed by atoms with Gasteiger partial charge in [0, 0.05) is 54.0 Å². The molecule has 0 aliphatic carbocycles. The van der Waals surface area contributed by atoms with Crippen LogP contribution in [0.3, 0.4) is 0 Å². The Morgan fingerprint density at radius 3 is 2.03 bits per heavy atom. The average molecular weight is 1020 g/mol. The Bertz CT molecular complexity index is 3410. The number of rotatable bonds is 5. The van der Waals surface area contributed by atoms with Gasteiger partial charge in [0.05, 0.1) is 28.5 Å². The fraction of sp³-hybridized carbons (Fsp3) is 0.207. The van der Waals surface area contributed by atoms with Gasteiger partial charge < -0.3 is 9.52 Å². The zero-order chi connectivity index (χ0) is 44.0. The minimum absolute atomic E-state index is 0. The third kappa shape index (κ3) is 7.44. The molecule has 0 bridgehead atoms. The largest absolute Gasteiger partial charge is 0.507 e. The monoisotopic (exact) mass is 1020 g/mol.